The number of hydrogen-bond donors (Lipinski definition) is 3. The van der Waals surface area contributed by atoms with Gasteiger partial charge in [0, 0.05) is 25.2 Å². The van der Waals surface area contributed by atoms with Gasteiger partial charge in [-0.25, -0.2) is 9.18 Å². The van der Waals surface area contributed by atoms with Crippen molar-refractivity contribution in [3.05, 3.63) is 51.5 Å². The minimum Gasteiger partial charge on any atom is -0.505 e. The molecule has 0 aromatic carbocycles. The molecule has 0 saturated heterocycles. The third-order valence-electron chi connectivity index (χ3n) is 5.31. The number of ether oxygens (including phenoxy) is 1. The van der Waals surface area contributed by atoms with E-state index in [9.17, 15) is 29.0 Å². The molecule has 3 rings (SSSR count). The average molecular weight is 445 g/mol. The molecule has 10 heteroatoms. The van der Waals surface area contributed by atoms with Crippen molar-refractivity contribution in [1.82, 2.24) is 14.9 Å². The van der Waals surface area contributed by atoms with Crippen LogP contribution in [-0.4, -0.2) is 50.5 Å². The lowest BCUT2D eigenvalue weighted by molar-refractivity contribution is -0.155. The molecule has 3 heterocycles. The number of nitrogens with one attached hydrogen (secondary N) is 1. The Morgan fingerprint density at radius 1 is 1.47 bits per heavy atom. The number of carboxylic acids is 1. The number of nitrogens with zero attached hydrogens (tertiary/aromatic N) is 2. The Kier molecular flexibility index (Phi) is 6.07. The molecule has 2 atom stereocenters. The molecule has 170 valence electrons. The minimum atomic E-state index is -1.81. The van der Waals surface area contributed by atoms with Gasteiger partial charge in [-0.05, 0) is 26.3 Å². The van der Waals surface area contributed by atoms with Crippen molar-refractivity contribution in [1.29, 1.82) is 0 Å². The van der Waals surface area contributed by atoms with Gasteiger partial charge in [0.05, 0.1) is 6.54 Å². The SMILES string of the molecule is CC=C(C=CC(C)F)Cc1cnc2c(O)c(C(=O)NC)c(=O)n3c2c1OC(C)(C(=O)O)C3. The van der Waals surface area contributed by atoms with Crippen LogP contribution in [0.25, 0.3) is 11.0 Å². The van der Waals surface area contributed by atoms with Crippen LogP contribution in [0.4, 0.5) is 4.39 Å². The highest BCUT2D eigenvalue weighted by molar-refractivity contribution is 6.02. The van der Waals surface area contributed by atoms with Crippen molar-refractivity contribution >= 4 is 22.9 Å². The summed E-state index contributed by atoms with van der Waals surface area (Å²) >= 11 is 0. The fourth-order valence-electron chi connectivity index (χ4n) is 3.53. The molecule has 0 spiro atoms. The van der Waals surface area contributed by atoms with E-state index in [-0.39, 0.29) is 23.2 Å². The number of amides is 1. The molecule has 2 unspecified atom stereocenters. The zero-order valence-electron chi connectivity index (χ0n) is 18.1. The number of halogens is 1. The lowest BCUT2D eigenvalue weighted by atomic mass is 9.99. The largest absolute Gasteiger partial charge is 0.505 e. The van der Waals surface area contributed by atoms with Gasteiger partial charge in [0.25, 0.3) is 11.5 Å². The van der Waals surface area contributed by atoms with Crippen LogP contribution in [0, 0.1) is 0 Å². The van der Waals surface area contributed by atoms with Gasteiger partial charge in [-0.2, -0.15) is 0 Å². The van der Waals surface area contributed by atoms with Crippen LogP contribution in [-0.2, 0) is 17.8 Å². The zero-order chi connectivity index (χ0) is 23.8. The van der Waals surface area contributed by atoms with Crippen LogP contribution < -0.4 is 15.6 Å². The first-order chi connectivity index (χ1) is 15.0. The normalized spacial score (nSPS) is 19.1. The Bertz CT molecular complexity index is 1230. The second-order valence-corrected chi connectivity index (χ2v) is 7.72. The van der Waals surface area contributed by atoms with E-state index in [1.807, 2.05) is 0 Å². The number of carbonyl (C=O) groups is 2. The van der Waals surface area contributed by atoms with Gasteiger partial charge in [0.15, 0.2) is 11.5 Å². The maximum atomic E-state index is 13.2. The predicted molar refractivity (Wildman–Crippen MR) is 115 cm³/mol. The number of rotatable bonds is 6. The monoisotopic (exact) mass is 445 g/mol. The average Bonchev–Trinajstić information content (AvgIpc) is 2.74. The van der Waals surface area contributed by atoms with Gasteiger partial charge in [0.2, 0.25) is 5.60 Å². The first-order valence-corrected chi connectivity index (χ1v) is 9.93. The molecule has 0 saturated carbocycles. The summed E-state index contributed by atoms with van der Waals surface area (Å²) in [7, 11) is 1.30. The third-order valence-corrected chi connectivity index (χ3v) is 5.31. The number of carbonyl (C=O) groups excluding carboxylic acids is 1. The molecule has 1 amide bonds. The third kappa shape index (κ3) is 3.83. The lowest BCUT2D eigenvalue weighted by Gasteiger charge is -2.34. The lowest BCUT2D eigenvalue weighted by Crippen LogP contribution is -2.50. The topological polar surface area (TPSA) is 131 Å². The maximum Gasteiger partial charge on any atom is 0.349 e. The minimum absolute atomic E-state index is 0.0584. The van der Waals surface area contributed by atoms with E-state index in [2.05, 4.69) is 10.3 Å². The molecule has 2 aromatic rings. The van der Waals surface area contributed by atoms with Crippen molar-refractivity contribution in [2.24, 2.45) is 0 Å². The Balaban J connectivity index is 2.32. The molecule has 0 fully saturated rings. The summed E-state index contributed by atoms with van der Waals surface area (Å²) < 4.78 is 20.2. The molecule has 1 aliphatic heterocycles. The molecular formula is C22H24FN3O6. The van der Waals surface area contributed by atoms with E-state index in [1.165, 1.54) is 33.2 Å². The predicted octanol–water partition coefficient (Wildman–Crippen LogP) is 2.10. The summed E-state index contributed by atoms with van der Waals surface area (Å²) in [6.45, 7) is 4.07. The van der Waals surface area contributed by atoms with Crippen molar-refractivity contribution < 1.29 is 28.9 Å². The van der Waals surface area contributed by atoms with Crippen LogP contribution in [0.15, 0.2) is 34.8 Å². The molecule has 32 heavy (non-hydrogen) atoms. The summed E-state index contributed by atoms with van der Waals surface area (Å²) in [5.74, 6) is -2.69. The van der Waals surface area contributed by atoms with Crippen molar-refractivity contribution in [3.8, 4) is 11.5 Å². The Labute approximate surface area is 182 Å². The van der Waals surface area contributed by atoms with Gasteiger partial charge in [-0.15, -0.1) is 0 Å². The summed E-state index contributed by atoms with van der Waals surface area (Å²) in [5.41, 5.74) is -2.03. The summed E-state index contributed by atoms with van der Waals surface area (Å²) in [4.78, 5) is 41.5. The van der Waals surface area contributed by atoms with E-state index in [4.69, 9.17) is 4.74 Å². The van der Waals surface area contributed by atoms with E-state index >= 15 is 0 Å². The van der Waals surface area contributed by atoms with E-state index < -0.39 is 47.1 Å². The van der Waals surface area contributed by atoms with Crippen LogP contribution in [0.2, 0.25) is 0 Å². The highest BCUT2D eigenvalue weighted by Crippen LogP contribution is 2.40. The van der Waals surface area contributed by atoms with Crippen molar-refractivity contribution in [3.63, 3.8) is 0 Å². The van der Waals surface area contributed by atoms with Gasteiger partial charge in [0.1, 0.15) is 22.8 Å². The second kappa shape index (κ2) is 8.45. The number of hydrogen-bond acceptors (Lipinski definition) is 6. The maximum absolute atomic E-state index is 13.2. The van der Waals surface area contributed by atoms with Gasteiger partial charge in [-0.1, -0.05) is 18.2 Å². The standard InChI is InChI=1S/C22H24FN3O6/c1-5-12(7-6-11(2)23)8-13-9-25-15-16-18(13)32-22(3,21(30)31)10-26(16)20(29)14(17(15)27)19(28)24-4/h5-7,9,11,27H,8,10H2,1-4H3,(H,24,28)(H,30,31). The fourth-order valence-corrected chi connectivity index (χ4v) is 3.53. The summed E-state index contributed by atoms with van der Waals surface area (Å²) in [6.07, 6.45) is 5.15. The summed E-state index contributed by atoms with van der Waals surface area (Å²) in [6, 6.07) is 0. The first-order valence-electron chi connectivity index (χ1n) is 9.93. The van der Waals surface area contributed by atoms with Gasteiger partial charge >= 0.3 is 5.97 Å². The molecule has 2 aromatic heterocycles. The number of aromatic nitrogens is 2. The number of carboxylic acid groups (broad SMARTS) is 1. The van der Waals surface area contributed by atoms with E-state index in [1.54, 1.807) is 19.1 Å². The smallest absolute Gasteiger partial charge is 0.349 e. The number of aliphatic carboxylic acids is 1. The highest BCUT2D eigenvalue weighted by Gasteiger charge is 2.43. The molecular weight excluding hydrogens is 421 g/mol. The number of pyridine rings is 2. The molecule has 1 aliphatic rings. The van der Waals surface area contributed by atoms with Gasteiger partial charge in [-0.3, -0.25) is 19.1 Å². The van der Waals surface area contributed by atoms with Crippen LogP contribution in [0.5, 0.6) is 11.5 Å². The molecule has 0 radical (unpaired) electrons. The molecule has 0 bridgehead atoms. The van der Waals surface area contributed by atoms with E-state index in [0.29, 0.717) is 11.1 Å². The number of aromatic hydroxyl groups is 1. The van der Waals surface area contributed by atoms with Crippen LogP contribution in [0.3, 0.4) is 0 Å². The molecule has 3 N–H and O–H groups in total. The molecule has 0 aliphatic carbocycles. The Morgan fingerprint density at radius 3 is 2.72 bits per heavy atom. The number of alkyl halides is 1. The number of allylic oxidation sites excluding steroid dienone is 4. The van der Waals surface area contributed by atoms with E-state index in [0.717, 1.165) is 4.57 Å². The molecule has 9 nitrogen and oxygen atoms in total. The van der Waals surface area contributed by atoms with Crippen LogP contribution >= 0.6 is 0 Å². The van der Waals surface area contributed by atoms with Crippen molar-refractivity contribution in [2.45, 2.75) is 45.5 Å². The Morgan fingerprint density at radius 2 is 2.16 bits per heavy atom. The highest BCUT2D eigenvalue weighted by atomic mass is 19.1. The quantitative estimate of drug-likeness (QED) is 0.581. The summed E-state index contributed by atoms with van der Waals surface area (Å²) in [5, 5.41) is 22.7. The van der Waals surface area contributed by atoms with Gasteiger partial charge < -0.3 is 20.3 Å². The second-order valence-electron chi connectivity index (χ2n) is 7.72. The first kappa shape index (κ1) is 23.0. The van der Waals surface area contributed by atoms with Crippen LogP contribution in [0.1, 0.15) is 36.7 Å². The fraction of sp³-hybridized carbons (Fsp3) is 0.364. The Hall–Kier alpha value is -3.69. The van der Waals surface area contributed by atoms with Crippen molar-refractivity contribution in [2.75, 3.05) is 7.05 Å². The zero-order valence-corrected chi connectivity index (χ0v) is 18.1.